The third-order valence-corrected chi connectivity index (χ3v) is 27.5. The minimum atomic E-state index is -2.16. The second-order valence-electron chi connectivity index (χ2n) is 34.7. The molecule has 0 radical (unpaired) electrons. The maximum atomic E-state index is 13.0. The molecule has 38 heteroatoms. The van der Waals surface area contributed by atoms with Crippen molar-refractivity contribution >= 4 is 0 Å². The van der Waals surface area contributed by atoms with Crippen molar-refractivity contribution in [3.05, 3.63) is 11.6 Å². The van der Waals surface area contributed by atoms with Gasteiger partial charge in [0.1, 0.15) is 153 Å². The molecule has 10 fully saturated rings. The standard InChI is InChI=1S/C73H124O38/c1-26(28-16-17-71(7)38-13-11-29-30(73(38,9)39(78)18-72(28,71)8)12-15-40(69(29,3)4)108-65-57(94)52(89)47(84)36(106-65)24-99-63-55(92)49(86)44(81)33(21-76)103-63)10-14-41(70(5,6)97)109-68-61(111-67-58(95)50(87)45(82)34(22-77)104-67)59(96)60(110-66-53(90)42(79)27(2)31(19-74)101-66)37(107-68)25-100-64-56(93)51(88)46(83)35(105-64)23-98-62-54(91)48(85)43(80)32(20-75)102-62/h11,26-28,30-68,74-97H,10,12-25H2,1-9H3/t26-,27-,28?,30?,31-,32-,33-,34-,35-,36-,37-,38?,39-,40+,41-,42+,43-,44-,45-,46-,47-,48+,49+,50+,51+,52+,53-,54-,55-,56-,57-,58-,59+,60-,61-,62+,63+,64+,65+,66-,67+,68+,71+,72-,73+/m1/s1. The van der Waals surface area contributed by atoms with Crippen LogP contribution in [0.15, 0.2) is 11.6 Å². The lowest BCUT2D eigenvalue weighted by atomic mass is 9.38. The van der Waals surface area contributed by atoms with Gasteiger partial charge in [0.25, 0.3) is 0 Å². The monoisotopic (exact) mass is 1610 g/mol. The van der Waals surface area contributed by atoms with Crippen LogP contribution < -0.4 is 0 Å². The van der Waals surface area contributed by atoms with Gasteiger partial charge < -0.3 is 189 Å². The van der Waals surface area contributed by atoms with Crippen molar-refractivity contribution in [1.29, 1.82) is 0 Å². The quantitative estimate of drug-likeness (QED) is 0.0358. The first-order valence-electron chi connectivity index (χ1n) is 38.9. The summed E-state index contributed by atoms with van der Waals surface area (Å²) in [4.78, 5) is 0. The van der Waals surface area contributed by atoms with E-state index in [2.05, 4.69) is 33.8 Å². The second-order valence-corrected chi connectivity index (χ2v) is 34.7. The van der Waals surface area contributed by atoms with Gasteiger partial charge in [0, 0.05) is 16.7 Å². The molecule has 0 bridgehead atoms. The van der Waals surface area contributed by atoms with E-state index in [4.69, 9.17) is 66.3 Å². The highest BCUT2D eigenvalue weighted by Crippen LogP contribution is 2.75. The fourth-order valence-electron chi connectivity index (χ4n) is 20.1. The lowest BCUT2D eigenvalue weighted by Crippen LogP contribution is -2.67. The number of hydrogen-bond donors (Lipinski definition) is 24. The highest BCUT2D eigenvalue weighted by molar-refractivity contribution is 5.32. The molecule has 24 N–H and O–H groups in total. The summed E-state index contributed by atoms with van der Waals surface area (Å²) < 4.78 is 84.6. The van der Waals surface area contributed by atoms with Crippen molar-refractivity contribution in [3.63, 3.8) is 0 Å². The molecule has 45 atom stereocenters. The predicted molar refractivity (Wildman–Crippen MR) is 369 cm³/mol. The first-order valence-corrected chi connectivity index (χ1v) is 38.9. The van der Waals surface area contributed by atoms with Crippen LogP contribution >= 0.6 is 0 Å². The van der Waals surface area contributed by atoms with Crippen molar-refractivity contribution in [3.8, 4) is 0 Å². The summed E-state index contributed by atoms with van der Waals surface area (Å²) in [5.74, 6) is -1.25. The molecule has 644 valence electrons. The summed E-state index contributed by atoms with van der Waals surface area (Å²) in [5.41, 5.74) is -3.00. The minimum absolute atomic E-state index is 0.0352. The average Bonchev–Trinajstić information content (AvgIpc) is 1.62. The minimum Gasteiger partial charge on any atom is -0.394 e. The largest absolute Gasteiger partial charge is 0.394 e. The van der Waals surface area contributed by atoms with E-state index in [1.54, 1.807) is 0 Å². The first-order chi connectivity index (χ1) is 52.0. The highest BCUT2D eigenvalue weighted by Gasteiger charge is 2.71. The van der Waals surface area contributed by atoms with Crippen LogP contribution in [0.1, 0.15) is 114 Å². The zero-order valence-corrected chi connectivity index (χ0v) is 63.9. The summed E-state index contributed by atoms with van der Waals surface area (Å²) in [6, 6.07) is 0. The van der Waals surface area contributed by atoms with Crippen molar-refractivity contribution < 1.29 is 189 Å². The number of aliphatic hydroxyl groups excluding tert-OH is 23. The van der Waals surface area contributed by atoms with E-state index < -0.39 is 301 Å². The van der Waals surface area contributed by atoms with Gasteiger partial charge in [-0.15, -0.1) is 0 Å². The van der Waals surface area contributed by atoms with Crippen LogP contribution in [0, 0.1) is 51.2 Å². The Morgan fingerprint density at radius 3 is 1.31 bits per heavy atom. The van der Waals surface area contributed by atoms with Gasteiger partial charge in [-0.25, -0.2) is 0 Å². The molecule has 0 spiro atoms. The predicted octanol–water partition coefficient (Wildman–Crippen LogP) is -8.48. The van der Waals surface area contributed by atoms with Gasteiger partial charge in [0.15, 0.2) is 44.0 Å². The summed E-state index contributed by atoms with van der Waals surface area (Å²) >= 11 is 0. The number of fused-ring (bicyclic) bond motifs is 5. The Balaban J connectivity index is 0.816. The lowest BCUT2D eigenvalue weighted by molar-refractivity contribution is -0.397. The molecule has 0 aromatic heterocycles. The van der Waals surface area contributed by atoms with E-state index in [-0.39, 0.29) is 35.5 Å². The summed E-state index contributed by atoms with van der Waals surface area (Å²) in [6.07, 6.45) is -56.8. The van der Waals surface area contributed by atoms with Crippen molar-refractivity contribution in [2.75, 3.05) is 46.2 Å². The Morgan fingerprint density at radius 2 is 0.829 bits per heavy atom. The normalized spacial score (nSPS) is 52.3. The molecule has 7 aliphatic heterocycles. The van der Waals surface area contributed by atoms with Gasteiger partial charge in [-0.3, -0.25) is 0 Å². The van der Waals surface area contributed by atoms with Crippen molar-refractivity contribution in [2.45, 2.75) is 346 Å². The number of rotatable bonds is 26. The lowest BCUT2D eigenvalue weighted by Gasteiger charge is -2.67. The number of aliphatic hydroxyl groups is 24. The molecule has 7 saturated heterocycles. The van der Waals surface area contributed by atoms with E-state index in [0.717, 1.165) is 18.4 Å². The van der Waals surface area contributed by atoms with Crippen LogP contribution in [0.2, 0.25) is 0 Å². The molecule has 11 aliphatic rings. The van der Waals surface area contributed by atoms with Crippen molar-refractivity contribution in [2.24, 2.45) is 51.2 Å². The summed E-state index contributed by atoms with van der Waals surface area (Å²) in [5, 5.41) is 264. The van der Waals surface area contributed by atoms with Gasteiger partial charge in [-0.1, -0.05) is 60.1 Å². The average molecular weight is 1610 g/mol. The molecule has 7 heterocycles. The second kappa shape index (κ2) is 35.5. The molecule has 3 saturated carbocycles. The van der Waals surface area contributed by atoms with Gasteiger partial charge in [-0.05, 0) is 99.7 Å². The van der Waals surface area contributed by atoms with Crippen LogP contribution in [0.5, 0.6) is 0 Å². The van der Waals surface area contributed by atoms with Crippen LogP contribution in [0.4, 0.5) is 0 Å². The molecular formula is C73H124O38. The number of hydrogen-bond acceptors (Lipinski definition) is 38. The topological polar surface area (TPSA) is 615 Å². The van der Waals surface area contributed by atoms with Gasteiger partial charge in [0.2, 0.25) is 0 Å². The van der Waals surface area contributed by atoms with Gasteiger partial charge in [0.05, 0.1) is 82.4 Å². The smallest absolute Gasteiger partial charge is 0.187 e. The van der Waals surface area contributed by atoms with Gasteiger partial charge >= 0.3 is 0 Å². The Kier molecular flexibility index (Phi) is 28.8. The first kappa shape index (κ1) is 90.0. The Hall–Kier alpha value is -1.78. The van der Waals surface area contributed by atoms with E-state index in [0.29, 0.717) is 32.1 Å². The van der Waals surface area contributed by atoms with Crippen molar-refractivity contribution in [1.82, 2.24) is 0 Å². The molecule has 0 aromatic rings. The summed E-state index contributed by atoms with van der Waals surface area (Å²) in [6.45, 7) is 11.9. The van der Waals surface area contributed by atoms with Crippen LogP contribution in [0.25, 0.3) is 0 Å². The fraction of sp³-hybridized carbons (Fsp3) is 0.973. The molecule has 0 amide bonds. The van der Waals surface area contributed by atoms with E-state index in [1.165, 1.54) is 20.8 Å². The third-order valence-electron chi connectivity index (χ3n) is 27.5. The van der Waals surface area contributed by atoms with E-state index >= 15 is 0 Å². The maximum Gasteiger partial charge on any atom is 0.187 e. The maximum absolute atomic E-state index is 13.0. The molecular weight excluding hydrogens is 1480 g/mol. The SMILES string of the molecule is C[C@H]1[C@H](O)[C@@H](O)[C@@H](O[C@H]2[C@H](O)[C@@H](O[C@@H]3O[C@H](CO)[C@@H](O)[C@H](O)[C@H]3O)[C@H](O[C@H](CC[C@@H](C)C3CC[C@@]4(C)C5CC=C6C(CC[C@H](O[C@@H]7O[C@H](CO[C@H]8O[C@H](CO)[C@@H](O)[C@H](O)[C@H]8O)[C@@H](O)[C@H](O)[C@H]7O)C6(C)C)[C@]5(C)[C@H](O)C[C@]34C)C(C)(C)O)O[C@@H]2CO[C@H]2O[C@H](CO[C@H]3O[C@H](CO)[C@@H](O)[C@H](O)[C@H]3O)[C@@H](O)[C@H](O)[C@H]2O)O[C@@H]1CO. The molecule has 4 aliphatic carbocycles. The van der Waals surface area contributed by atoms with Crippen LogP contribution in [-0.2, 0) is 66.3 Å². The molecule has 38 nitrogen and oxygen atoms in total. The number of ether oxygens (including phenoxy) is 14. The zero-order chi connectivity index (χ0) is 81.5. The molecule has 0 aromatic carbocycles. The van der Waals surface area contributed by atoms with Gasteiger partial charge in [-0.2, -0.15) is 0 Å². The fourth-order valence-corrected chi connectivity index (χ4v) is 20.1. The molecule has 11 rings (SSSR count). The van der Waals surface area contributed by atoms with E-state index in [9.17, 15) is 123 Å². The Morgan fingerprint density at radius 1 is 0.432 bits per heavy atom. The van der Waals surface area contributed by atoms with Crippen LogP contribution in [0.3, 0.4) is 0 Å². The Labute approximate surface area is 642 Å². The molecule has 111 heavy (non-hydrogen) atoms. The zero-order valence-electron chi connectivity index (χ0n) is 63.9. The number of allylic oxidation sites excluding steroid dienone is 1. The van der Waals surface area contributed by atoms with E-state index in [1.807, 2.05) is 13.8 Å². The summed E-state index contributed by atoms with van der Waals surface area (Å²) in [7, 11) is 0. The Bertz CT molecular complexity index is 3010. The van der Waals surface area contributed by atoms with Crippen LogP contribution in [-0.4, -0.2) is 402 Å². The third kappa shape index (κ3) is 17.0. The highest BCUT2D eigenvalue weighted by atomic mass is 16.8. The molecule has 3 unspecified atom stereocenters.